The minimum Gasteiger partial charge on any atom is -0.365 e. The molecule has 0 unspecified atom stereocenters. The van der Waals surface area contributed by atoms with Crippen LogP contribution in [0.25, 0.3) is 0 Å². The smallest absolute Gasteiger partial charge is 0.145 e. The van der Waals surface area contributed by atoms with E-state index in [0.717, 1.165) is 0 Å². The quantitative estimate of drug-likeness (QED) is 0.576. The molecule has 21 heavy (non-hydrogen) atoms. The van der Waals surface area contributed by atoms with Gasteiger partial charge in [0.1, 0.15) is 5.78 Å². The lowest BCUT2D eigenvalue weighted by Crippen LogP contribution is -2.40. The normalized spacial score (nSPS) is 41.9. The number of carbonyl (C=O) groups is 1. The molecule has 1 saturated heterocycles. The number of carbonyl (C=O) groups excluding carboxylic acids is 1. The number of fused-ring (bicyclic) bond motifs is 6. The molecule has 0 aromatic carbocycles. The molecule has 0 amide bonds. The number of ether oxygens (including phenoxy) is 1. The molecule has 0 N–H and O–H groups in total. The van der Waals surface area contributed by atoms with E-state index in [1.807, 2.05) is 0 Å². The maximum Gasteiger partial charge on any atom is 0.145 e. The van der Waals surface area contributed by atoms with Crippen LogP contribution in [0.2, 0.25) is 51.4 Å². The Morgan fingerprint density at radius 1 is 0.857 bits per heavy atom. The number of hydrogen-bond donors (Lipinski definition) is 0. The van der Waals surface area contributed by atoms with Crippen molar-refractivity contribution in [1.29, 1.82) is 0 Å². The van der Waals surface area contributed by atoms with Crippen LogP contribution in [-0.4, -0.2) is 34.1 Å². The van der Waals surface area contributed by atoms with E-state index in [1.54, 1.807) is 0 Å². The van der Waals surface area contributed by atoms with E-state index in [0.29, 0.717) is 17.6 Å². The molecule has 0 radical (unpaired) electrons. The van der Waals surface area contributed by atoms with Gasteiger partial charge in [0, 0.05) is 16.1 Å². The van der Waals surface area contributed by atoms with Crippen LogP contribution in [0.3, 0.4) is 0 Å². The molecular weight excluding hydrogens is 292 g/mol. The van der Waals surface area contributed by atoms with Crippen LogP contribution >= 0.6 is 0 Å². The van der Waals surface area contributed by atoms with E-state index in [9.17, 15) is 4.79 Å². The third-order valence-corrected chi connectivity index (χ3v) is 8.73. The summed E-state index contributed by atoms with van der Waals surface area (Å²) in [7, 11) is -2.35. The molecule has 2 heterocycles. The number of Topliss-reactive ketones (excluding diaryl/α,β-unsaturated/α-hetero) is 1. The molecule has 6 atom stereocenters. The maximum atomic E-state index is 13.0. The summed E-state index contributed by atoms with van der Waals surface area (Å²) >= 11 is 0. The zero-order valence-electron chi connectivity index (χ0n) is 14.3. The monoisotopic (exact) mass is 322 g/mol. The molecule has 4 bridgehead atoms. The Bertz CT molecular complexity index is 432. The molecule has 0 spiro atoms. The van der Waals surface area contributed by atoms with Crippen molar-refractivity contribution >= 4 is 21.9 Å². The lowest BCUT2D eigenvalue weighted by atomic mass is 9.86. The van der Waals surface area contributed by atoms with Crippen LogP contribution in [0.1, 0.15) is 0 Å². The standard InChI is InChI=1S/C17H30O2Si2/c1-20(2,3)9-11-12(10-21(4,5)6)16-14-8-7-13(19-14)15(11)17(16)18/h7-8,11-16H,9-10H2,1-6H3/t11-,12+,13-,14+,15-,16+. The lowest BCUT2D eigenvalue weighted by Gasteiger charge is -2.33. The second-order valence-electron chi connectivity index (χ2n) is 9.76. The highest BCUT2D eigenvalue weighted by molar-refractivity contribution is 6.76. The predicted octanol–water partition coefficient (Wildman–Crippen LogP) is 4.05. The Hall–Kier alpha value is -0.196. The van der Waals surface area contributed by atoms with Crippen LogP contribution in [0.15, 0.2) is 12.2 Å². The summed E-state index contributed by atoms with van der Waals surface area (Å²) in [6.07, 6.45) is 4.53. The van der Waals surface area contributed by atoms with Crippen LogP contribution < -0.4 is 0 Å². The van der Waals surface area contributed by atoms with E-state index in [1.165, 1.54) is 12.1 Å². The van der Waals surface area contributed by atoms with Gasteiger partial charge in [-0.25, -0.2) is 0 Å². The fourth-order valence-electron chi connectivity index (χ4n) is 4.86. The van der Waals surface area contributed by atoms with Gasteiger partial charge in [-0.15, -0.1) is 0 Å². The zero-order valence-corrected chi connectivity index (χ0v) is 16.3. The number of ketones is 1. The van der Waals surface area contributed by atoms with Gasteiger partial charge in [0.15, 0.2) is 0 Å². The minimum absolute atomic E-state index is 0.0896. The van der Waals surface area contributed by atoms with Crippen LogP contribution in [-0.2, 0) is 9.53 Å². The molecule has 1 aliphatic carbocycles. The first-order chi connectivity index (χ1) is 9.57. The Kier molecular flexibility index (Phi) is 3.66. The van der Waals surface area contributed by atoms with Gasteiger partial charge in [0.25, 0.3) is 0 Å². The van der Waals surface area contributed by atoms with Crippen molar-refractivity contribution in [2.24, 2.45) is 23.7 Å². The average molecular weight is 323 g/mol. The maximum absolute atomic E-state index is 13.0. The van der Waals surface area contributed by atoms with Crippen LogP contribution in [0.5, 0.6) is 0 Å². The second-order valence-corrected chi connectivity index (χ2v) is 20.8. The van der Waals surface area contributed by atoms with Gasteiger partial charge in [0.2, 0.25) is 0 Å². The minimum atomic E-state index is -1.17. The Balaban J connectivity index is 1.94. The lowest BCUT2D eigenvalue weighted by molar-refractivity contribution is -0.139. The predicted molar refractivity (Wildman–Crippen MR) is 93.1 cm³/mol. The molecular formula is C17H30O2Si2. The first-order valence-corrected chi connectivity index (χ1v) is 15.9. The fraction of sp³-hybridized carbons (Fsp3) is 0.824. The van der Waals surface area contributed by atoms with Crippen LogP contribution in [0.4, 0.5) is 0 Å². The van der Waals surface area contributed by atoms with E-state index in [2.05, 4.69) is 51.4 Å². The molecule has 2 aliphatic heterocycles. The van der Waals surface area contributed by atoms with E-state index < -0.39 is 16.1 Å². The molecule has 0 aromatic rings. The van der Waals surface area contributed by atoms with Crippen molar-refractivity contribution in [2.75, 3.05) is 0 Å². The summed E-state index contributed by atoms with van der Waals surface area (Å²) in [6.45, 7) is 14.7. The van der Waals surface area contributed by atoms with Gasteiger partial charge in [-0.2, -0.15) is 0 Å². The Labute approximate surface area is 131 Å². The van der Waals surface area contributed by atoms with Crippen molar-refractivity contribution in [1.82, 2.24) is 0 Å². The second kappa shape index (κ2) is 4.90. The molecule has 1 saturated carbocycles. The fourth-order valence-corrected chi connectivity index (χ4v) is 8.80. The molecule has 3 rings (SSSR count). The highest BCUT2D eigenvalue weighted by atomic mass is 28.3. The number of hydrogen-bond acceptors (Lipinski definition) is 2. The summed E-state index contributed by atoms with van der Waals surface area (Å²) in [6, 6.07) is 2.57. The summed E-state index contributed by atoms with van der Waals surface area (Å²) in [5, 5.41) is 0. The van der Waals surface area contributed by atoms with Crippen molar-refractivity contribution in [3.8, 4) is 0 Å². The van der Waals surface area contributed by atoms with Gasteiger partial charge in [-0.3, -0.25) is 4.79 Å². The van der Waals surface area contributed by atoms with Crippen molar-refractivity contribution in [3.63, 3.8) is 0 Å². The van der Waals surface area contributed by atoms with Crippen LogP contribution in [0, 0.1) is 23.7 Å². The van der Waals surface area contributed by atoms with E-state index >= 15 is 0 Å². The van der Waals surface area contributed by atoms with Gasteiger partial charge < -0.3 is 4.74 Å². The molecule has 0 aromatic heterocycles. The first kappa shape index (κ1) is 15.7. The average Bonchev–Trinajstić information content (AvgIpc) is 2.73. The molecule has 2 fully saturated rings. The van der Waals surface area contributed by atoms with E-state index in [-0.39, 0.29) is 24.0 Å². The van der Waals surface area contributed by atoms with Crippen molar-refractivity contribution in [2.45, 2.75) is 63.6 Å². The zero-order chi connectivity index (χ0) is 15.6. The Morgan fingerprint density at radius 2 is 1.24 bits per heavy atom. The highest BCUT2D eigenvalue weighted by Gasteiger charge is 2.60. The van der Waals surface area contributed by atoms with Crippen molar-refractivity contribution < 1.29 is 9.53 Å². The summed E-state index contributed by atoms with van der Waals surface area (Å²) in [5.41, 5.74) is 0. The molecule has 118 valence electrons. The third-order valence-electron chi connectivity index (χ3n) is 5.34. The van der Waals surface area contributed by atoms with Gasteiger partial charge in [-0.05, 0) is 11.8 Å². The Morgan fingerprint density at radius 3 is 1.57 bits per heavy atom. The largest absolute Gasteiger partial charge is 0.365 e. The van der Waals surface area contributed by atoms with Gasteiger partial charge in [0.05, 0.1) is 24.0 Å². The third kappa shape index (κ3) is 2.87. The summed E-state index contributed by atoms with van der Waals surface area (Å²) in [4.78, 5) is 13.0. The SMILES string of the molecule is C[Si](C)(C)C[C@@H]1[C@H](C[Si](C)(C)C)[C@@H]2C(=O)[C@H]1[C@H]1C=C[C@@H]2O1. The summed E-state index contributed by atoms with van der Waals surface area (Å²) < 4.78 is 6.14. The molecule has 3 aliphatic rings. The first-order valence-electron chi connectivity index (χ1n) is 8.44. The van der Waals surface area contributed by atoms with E-state index in [4.69, 9.17) is 4.74 Å². The van der Waals surface area contributed by atoms with Gasteiger partial charge in [-0.1, -0.05) is 63.5 Å². The summed E-state index contributed by atoms with van der Waals surface area (Å²) in [5.74, 6) is 2.03. The van der Waals surface area contributed by atoms with Gasteiger partial charge >= 0.3 is 0 Å². The van der Waals surface area contributed by atoms with Crippen molar-refractivity contribution in [3.05, 3.63) is 12.2 Å². The number of rotatable bonds is 4. The topological polar surface area (TPSA) is 26.3 Å². The highest BCUT2D eigenvalue weighted by Crippen LogP contribution is 2.55. The molecule has 2 nitrogen and oxygen atoms in total. The molecule has 4 heteroatoms.